The number of amidine groups is 1. The molecule has 1 aliphatic rings. The summed E-state index contributed by atoms with van der Waals surface area (Å²) in [5, 5.41) is 4.07. The number of hydrogen-bond donors (Lipinski definition) is 1. The van der Waals surface area contributed by atoms with Gasteiger partial charge in [0.15, 0.2) is 5.17 Å². The van der Waals surface area contributed by atoms with E-state index in [-0.39, 0.29) is 13.2 Å². The Morgan fingerprint density at radius 2 is 2.05 bits per heavy atom. The van der Waals surface area contributed by atoms with Crippen LogP contribution in [0, 0.1) is 0 Å². The van der Waals surface area contributed by atoms with Gasteiger partial charge in [0.1, 0.15) is 6.61 Å². The summed E-state index contributed by atoms with van der Waals surface area (Å²) in [6, 6.07) is 10.5. The first-order chi connectivity index (χ1) is 10.0. The third-order valence-electron chi connectivity index (χ3n) is 2.83. The highest BCUT2D eigenvalue weighted by Gasteiger charge is 2.27. The Balaban J connectivity index is 1.66. The number of nitrogens with zero attached hydrogens (tertiary/aromatic N) is 1. The SMILES string of the molecule is FC(F)(F)COCCN=C1NC(Cc2ccccc2)CS1. The van der Waals surface area contributed by atoms with Gasteiger partial charge in [-0.3, -0.25) is 4.99 Å². The summed E-state index contributed by atoms with van der Waals surface area (Å²) in [6.45, 7) is -0.993. The van der Waals surface area contributed by atoms with Crippen molar-refractivity contribution in [3.8, 4) is 0 Å². The van der Waals surface area contributed by atoms with Crippen LogP contribution < -0.4 is 5.32 Å². The predicted octanol–water partition coefficient (Wildman–Crippen LogP) is 2.87. The molecule has 0 bridgehead atoms. The van der Waals surface area contributed by atoms with Crippen molar-refractivity contribution >= 4 is 16.9 Å². The summed E-state index contributed by atoms with van der Waals surface area (Å²) in [6.07, 6.45) is -3.36. The average molecular weight is 318 g/mol. The first kappa shape index (κ1) is 16.2. The second-order valence-electron chi connectivity index (χ2n) is 4.70. The van der Waals surface area contributed by atoms with Gasteiger partial charge in [-0.1, -0.05) is 42.1 Å². The van der Waals surface area contributed by atoms with Crippen molar-refractivity contribution < 1.29 is 17.9 Å². The monoisotopic (exact) mass is 318 g/mol. The lowest BCUT2D eigenvalue weighted by Crippen LogP contribution is -2.29. The Kier molecular flexibility index (Phi) is 5.93. The van der Waals surface area contributed by atoms with E-state index in [0.29, 0.717) is 6.04 Å². The van der Waals surface area contributed by atoms with E-state index in [1.807, 2.05) is 18.2 Å². The van der Waals surface area contributed by atoms with Crippen molar-refractivity contribution in [2.75, 3.05) is 25.5 Å². The van der Waals surface area contributed by atoms with Crippen LogP contribution in [-0.2, 0) is 11.2 Å². The minimum Gasteiger partial charge on any atom is -0.370 e. The van der Waals surface area contributed by atoms with Crippen LogP contribution in [0.3, 0.4) is 0 Å². The van der Waals surface area contributed by atoms with E-state index in [0.717, 1.165) is 17.3 Å². The van der Waals surface area contributed by atoms with Gasteiger partial charge in [0.2, 0.25) is 0 Å². The molecule has 0 aliphatic carbocycles. The van der Waals surface area contributed by atoms with Gasteiger partial charge in [0.05, 0.1) is 13.2 Å². The average Bonchev–Trinajstić information content (AvgIpc) is 2.86. The zero-order valence-corrected chi connectivity index (χ0v) is 12.2. The van der Waals surface area contributed by atoms with Gasteiger partial charge in [-0.15, -0.1) is 0 Å². The lowest BCUT2D eigenvalue weighted by molar-refractivity contribution is -0.173. The first-order valence-electron chi connectivity index (χ1n) is 6.65. The van der Waals surface area contributed by atoms with Gasteiger partial charge >= 0.3 is 6.18 Å². The van der Waals surface area contributed by atoms with Crippen molar-refractivity contribution in [3.05, 3.63) is 35.9 Å². The van der Waals surface area contributed by atoms with E-state index in [1.54, 1.807) is 11.8 Å². The first-order valence-corrected chi connectivity index (χ1v) is 7.64. The molecule has 1 unspecified atom stereocenters. The zero-order chi connectivity index (χ0) is 15.1. The van der Waals surface area contributed by atoms with Crippen molar-refractivity contribution in [2.24, 2.45) is 4.99 Å². The molecule has 116 valence electrons. The predicted molar refractivity (Wildman–Crippen MR) is 78.7 cm³/mol. The van der Waals surface area contributed by atoms with Crippen LogP contribution in [0.2, 0.25) is 0 Å². The maximum absolute atomic E-state index is 11.9. The summed E-state index contributed by atoms with van der Waals surface area (Å²) in [5.41, 5.74) is 1.25. The van der Waals surface area contributed by atoms with Gasteiger partial charge < -0.3 is 10.1 Å². The number of halogens is 3. The lowest BCUT2D eigenvalue weighted by Gasteiger charge is -2.09. The van der Waals surface area contributed by atoms with E-state index in [4.69, 9.17) is 0 Å². The Morgan fingerprint density at radius 3 is 2.76 bits per heavy atom. The van der Waals surface area contributed by atoms with Crippen LogP contribution in [0.4, 0.5) is 13.2 Å². The third kappa shape index (κ3) is 6.39. The number of thioether (sulfide) groups is 1. The number of alkyl halides is 3. The van der Waals surface area contributed by atoms with Crippen LogP contribution in [-0.4, -0.2) is 42.9 Å². The zero-order valence-electron chi connectivity index (χ0n) is 11.4. The lowest BCUT2D eigenvalue weighted by atomic mass is 10.1. The molecular weight excluding hydrogens is 301 g/mol. The van der Waals surface area contributed by atoms with Crippen LogP contribution in [0.15, 0.2) is 35.3 Å². The molecule has 3 nitrogen and oxygen atoms in total. The second kappa shape index (κ2) is 7.70. The maximum Gasteiger partial charge on any atom is 0.411 e. The van der Waals surface area contributed by atoms with Crippen LogP contribution >= 0.6 is 11.8 Å². The van der Waals surface area contributed by atoms with E-state index in [1.165, 1.54) is 5.56 Å². The summed E-state index contributed by atoms with van der Waals surface area (Å²) >= 11 is 1.59. The highest BCUT2D eigenvalue weighted by atomic mass is 32.2. The molecule has 0 aromatic heterocycles. The molecular formula is C14H17F3N2OS. The molecule has 7 heteroatoms. The number of aliphatic imine (C=N–C) groups is 1. The topological polar surface area (TPSA) is 33.6 Å². The number of benzene rings is 1. The second-order valence-corrected chi connectivity index (χ2v) is 5.71. The molecule has 0 radical (unpaired) electrons. The van der Waals surface area contributed by atoms with E-state index < -0.39 is 12.8 Å². The van der Waals surface area contributed by atoms with Gasteiger partial charge in [0, 0.05) is 11.8 Å². The minimum absolute atomic E-state index is 0.0192. The van der Waals surface area contributed by atoms with Crippen LogP contribution in [0.1, 0.15) is 5.56 Å². The molecule has 1 fully saturated rings. The van der Waals surface area contributed by atoms with Crippen molar-refractivity contribution in [1.82, 2.24) is 5.32 Å². The molecule has 2 rings (SSSR count). The number of hydrogen-bond acceptors (Lipinski definition) is 3. The molecule has 1 saturated heterocycles. The molecule has 0 amide bonds. The molecule has 1 atom stereocenters. The Bertz CT molecular complexity index is 465. The fourth-order valence-electron chi connectivity index (χ4n) is 1.94. The molecule has 0 spiro atoms. The van der Waals surface area contributed by atoms with Crippen LogP contribution in [0.25, 0.3) is 0 Å². The Hall–Kier alpha value is -1.21. The van der Waals surface area contributed by atoms with Gasteiger partial charge in [0.25, 0.3) is 0 Å². The molecule has 21 heavy (non-hydrogen) atoms. The number of rotatable bonds is 6. The molecule has 1 aromatic carbocycles. The standard InChI is InChI=1S/C14H17F3N2OS/c15-14(16,17)10-20-7-6-18-13-19-12(9-21-13)8-11-4-2-1-3-5-11/h1-5,12H,6-10H2,(H,18,19). The maximum atomic E-state index is 11.9. The number of ether oxygens (including phenoxy) is 1. The summed E-state index contributed by atoms with van der Waals surface area (Å²) in [5.74, 6) is 0.914. The van der Waals surface area contributed by atoms with Crippen molar-refractivity contribution in [2.45, 2.75) is 18.6 Å². The van der Waals surface area contributed by atoms with Crippen LogP contribution in [0.5, 0.6) is 0 Å². The summed E-state index contributed by atoms with van der Waals surface area (Å²) in [4.78, 5) is 4.21. The fourth-order valence-corrected chi connectivity index (χ4v) is 2.93. The molecule has 0 saturated carbocycles. The normalized spacial score (nSPS) is 20.7. The molecule has 1 aromatic rings. The minimum atomic E-state index is -4.27. The summed E-state index contributed by atoms with van der Waals surface area (Å²) < 4.78 is 40.1. The number of nitrogens with one attached hydrogen (secondary N) is 1. The third-order valence-corrected chi connectivity index (χ3v) is 3.92. The molecule has 1 aliphatic heterocycles. The van der Waals surface area contributed by atoms with E-state index in [2.05, 4.69) is 27.2 Å². The highest BCUT2D eigenvalue weighted by Crippen LogP contribution is 2.17. The largest absolute Gasteiger partial charge is 0.411 e. The Labute approximate surface area is 126 Å². The smallest absolute Gasteiger partial charge is 0.370 e. The Morgan fingerprint density at radius 1 is 1.29 bits per heavy atom. The highest BCUT2D eigenvalue weighted by molar-refractivity contribution is 8.14. The van der Waals surface area contributed by atoms with Gasteiger partial charge in [-0.25, -0.2) is 0 Å². The van der Waals surface area contributed by atoms with Crippen molar-refractivity contribution in [3.63, 3.8) is 0 Å². The van der Waals surface area contributed by atoms with E-state index >= 15 is 0 Å². The quantitative estimate of drug-likeness (QED) is 0.819. The van der Waals surface area contributed by atoms with Crippen molar-refractivity contribution in [1.29, 1.82) is 0 Å². The fraction of sp³-hybridized carbons (Fsp3) is 0.500. The van der Waals surface area contributed by atoms with Gasteiger partial charge in [-0.05, 0) is 12.0 Å². The van der Waals surface area contributed by atoms with Gasteiger partial charge in [-0.2, -0.15) is 13.2 Å². The van der Waals surface area contributed by atoms with E-state index in [9.17, 15) is 13.2 Å². The summed E-state index contributed by atoms with van der Waals surface area (Å²) in [7, 11) is 0. The molecule has 1 heterocycles. The molecule has 1 N–H and O–H groups in total.